The number of hydrogen-bond donors (Lipinski definition) is 1. The number of aromatic nitrogens is 4. The molecule has 6 heteroatoms. The lowest BCUT2D eigenvalue weighted by Crippen LogP contribution is -2.06. The van der Waals surface area contributed by atoms with Crippen LogP contribution in [0, 0.1) is 0 Å². The van der Waals surface area contributed by atoms with Crippen LogP contribution in [0.15, 0.2) is 17.9 Å². The van der Waals surface area contributed by atoms with E-state index in [0.29, 0.717) is 6.42 Å². The van der Waals surface area contributed by atoms with Gasteiger partial charge in [-0.3, -0.25) is 0 Å². The lowest BCUT2D eigenvalue weighted by atomic mass is 10.1. The Hall–Kier alpha value is -1.27. The molecule has 0 aliphatic rings. The van der Waals surface area contributed by atoms with Crippen molar-refractivity contribution in [2.24, 2.45) is 7.05 Å². The zero-order valence-corrected chi connectivity index (χ0v) is 8.48. The molecule has 1 unspecified atom stereocenters. The van der Waals surface area contributed by atoms with E-state index in [1.54, 1.807) is 17.1 Å². The van der Waals surface area contributed by atoms with E-state index in [2.05, 4.69) is 14.6 Å². The molecule has 1 atom stereocenters. The first kappa shape index (κ1) is 9.29. The molecule has 0 spiro atoms. The van der Waals surface area contributed by atoms with Crippen LogP contribution in [0.5, 0.6) is 0 Å². The van der Waals surface area contributed by atoms with Crippen molar-refractivity contribution >= 4 is 11.5 Å². The van der Waals surface area contributed by atoms with E-state index >= 15 is 0 Å². The Morgan fingerprint density at radius 3 is 3.07 bits per heavy atom. The highest BCUT2D eigenvalue weighted by Gasteiger charge is 2.13. The number of imidazole rings is 1. The molecule has 5 nitrogen and oxygen atoms in total. The molecule has 2 rings (SSSR count). The summed E-state index contributed by atoms with van der Waals surface area (Å²) in [6, 6.07) is 0. The molecule has 0 saturated heterocycles. The van der Waals surface area contributed by atoms with Crippen LogP contribution in [0.25, 0.3) is 0 Å². The van der Waals surface area contributed by atoms with Gasteiger partial charge in [-0.1, -0.05) is 4.49 Å². The summed E-state index contributed by atoms with van der Waals surface area (Å²) in [7, 11) is 1.85. The Morgan fingerprint density at radius 1 is 1.64 bits per heavy atom. The first-order valence-corrected chi connectivity index (χ1v) is 5.01. The predicted octanol–water partition coefficient (Wildman–Crippen LogP) is 0.548. The first-order valence-electron chi connectivity index (χ1n) is 4.17. The third-order valence-corrected chi connectivity index (χ3v) is 2.56. The largest absolute Gasteiger partial charge is 0.386 e. The van der Waals surface area contributed by atoms with Crippen molar-refractivity contribution in [3.05, 3.63) is 29.3 Å². The quantitative estimate of drug-likeness (QED) is 0.803. The summed E-state index contributed by atoms with van der Waals surface area (Å²) in [4.78, 5) is 3.94. The maximum atomic E-state index is 9.84. The molecule has 0 bridgehead atoms. The number of aliphatic hydroxyl groups is 1. The van der Waals surface area contributed by atoms with Gasteiger partial charge >= 0.3 is 0 Å². The smallest absolute Gasteiger partial charge is 0.101 e. The van der Waals surface area contributed by atoms with Crippen LogP contribution in [0.4, 0.5) is 0 Å². The van der Waals surface area contributed by atoms with Gasteiger partial charge in [0.05, 0.1) is 23.9 Å². The fraction of sp³-hybridized carbons (Fsp3) is 0.375. The maximum Gasteiger partial charge on any atom is 0.101 e. The Morgan fingerprint density at radius 2 is 2.50 bits per heavy atom. The van der Waals surface area contributed by atoms with Gasteiger partial charge in [-0.15, -0.1) is 5.10 Å². The van der Waals surface area contributed by atoms with Crippen LogP contribution < -0.4 is 0 Å². The lowest BCUT2D eigenvalue weighted by molar-refractivity contribution is 0.169. The van der Waals surface area contributed by atoms with Crippen molar-refractivity contribution < 1.29 is 5.11 Å². The van der Waals surface area contributed by atoms with Gasteiger partial charge < -0.3 is 9.67 Å². The zero-order valence-electron chi connectivity index (χ0n) is 7.66. The molecule has 14 heavy (non-hydrogen) atoms. The summed E-state index contributed by atoms with van der Waals surface area (Å²) in [5.74, 6) is 0. The summed E-state index contributed by atoms with van der Waals surface area (Å²) in [6.07, 6.45) is 3.24. The van der Waals surface area contributed by atoms with Gasteiger partial charge in [0.15, 0.2) is 0 Å². The molecule has 0 amide bonds. The van der Waals surface area contributed by atoms with Gasteiger partial charge in [0, 0.05) is 18.8 Å². The van der Waals surface area contributed by atoms with Gasteiger partial charge in [0.25, 0.3) is 0 Å². The topological polar surface area (TPSA) is 63.8 Å². The number of hydrogen-bond acceptors (Lipinski definition) is 5. The number of aryl methyl sites for hydroxylation is 1. The number of nitrogens with zero attached hydrogens (tertiary/aromatic N) is 4. The summed E-state index contributed by atoms with van der Waals surface area (Å²) < 4.78 is 5.53. The van der Waals surface area contributed by atoms with Crippen LogP contribution in [-0.2, 0) is 13.5 Å². The summed E-state index contributed by atoms with van der Waals surface area (Å²) in [5, 5.41) is 15.5. The predicted molar refractivity (Wildman–Crippen MR) is 51.8 cm³/mol. The second kappa shape index (κ2) is 3.85. The molecule has 74 valence electrons. The maximum absolute atomic E-state index is 9.84. The molecular formula is C8H10N4OS. The normalized spacial score (nSPS) is 13.0. The number of aliphatic hydroxyl groups excluding tert-OH is 1. The molecule has 2 aromatic heterocycles. The van der Waals surface area contributed by atoms with Crippen molar-refractivity contribution in [2.45, 2.75) is 12.5 Å². The first-order chi connectivity index (χ1) is 6.77. The van der Waals surface area contributed by atoms with E-state index in [4.69, 9.17) is 0 Å². The Bertz CT molecular complexity index is 397. The number of rotatable bonds is 3. The molecular weight excluding hydrogens is 200 g/mol. The Balaban J connectivity index is 2.10. The average molecular weight is 210 g/mol. The SMILES string of the molecule is Cn1cncc1C(O)Cc1csnn1. The molecule has 0 saturated carbocycles. The van der Waals surface area contributed by atoms with Crippen LogP contribution in [0.2, 0.25) is 0 Å². The minimum absolute atomic E-state index is 0.482. The fourth-order valence-electron chi connectivity index (χ4n) is 1.26. The van der Waals surface area contributed by atoms with Crippen LogP contribution in [0.3, 0.4) is 0 Å². The molecule has 2 heterocycles. The van der Waals surface area contributed by atoms with Crippen molar-refractivity contribution in [3.8, 4) is 0 Å². The molecule has 2 aromatic rings. The van der Waals surface area contributed by atoms with Gasteiger partial charge in [-0.05, 0) is 11.5 Å². The minimum atomic E-state index is -0.564. The Labute approximate surface area is 85.2 Å². The van der Waals surface area contributed by atoms with Crippen LogP contribution >= 0.6 is 11.5 Å². The summed E-state index contributed by atoms with van der Waals surface area (Å²) >= 11 is 1.29. The van der Waals surface area contributed by atoms with Crippen molar-refractivity contribution in [1.82, 2.24) is 19.1 Å². The standard InChI is InChI=1S/C8H10N4OS/c1-12-5-9-3-7(12)8(13)2-6-4-14-11-10-6/h3-5,8,13H,2H2,1H3. The summed E-state index contributed by atoms with van der Waals surface area (Å²) in [6.45, 7) is 0. The highest BCUT2D eigenvalue weighted by Crippen LogP contribution is 2.16. The molecule has 0 aliphatic carbocycles. The van der Waals surface area contributed by atoms with E-state index in [9.17, 15) is 5.11 Å². The van der Waals surface area contributed by atoms with E-state index in [1.807, 2.05) is 12.4 Å². The third kappa shape index (κ3) is 1.80. The highest BCUT2D eigenvalue weighted by molar-refractivity contribution is 7.03. The molecule has 0 aliphatic heterocycles. The summed E-state index contributed by atoms with van der Waals surface area (Å²) in [5.41, 5.74) is 1.60. The van der Waals surface area contributed by atoms with Crippen molar-refractivity contribution in [1.29, 1.82) is 0 Å². The van der Waals surface area contributed by atoms with Crippen molar-refractivity contribution in [3.63, 3.8) is 0 Å². The van der Waals surface area contributed by atoms with Gasteiger partial charge in [-0.2, -0.15) is 0 Å². The second-order valence-electron chi connectivity index (χ2n) is 3.05. The fourth-order valence-corrected chi connectivity index (χ4v) is 1.73. The second-order valence-corrected chi connectivity index (χ2v) is 3.66. The van der Waals surface area contributed by atoms with Crippen LogP contribution in [-0.4, -0.2) is 24.2 Å². The molecule has 1 N–H and O–H groups in total. The van der Waals surface area contributed by atoms with Gasteiger partial charge in [0.1, 0.15) is 6.10 Å². The van der Waals surface area contributed by atoms with Gasteiger partial charge in [-0.25, -0.2) is 4.98 Å². The van der Waals surface area contributed by atoms with E-state index in [0.717, 1.165) is 11.4 Å². The van der Waals surface area contributed by atoms with Crippen LogP contribution in [0.1, 0.15) is 17.5 Å². The third-order valence-electron chi connectivity index (χ3n) is 2.00. The van der Waals surface area contributed by atoms with Crippen molar-refractivity contribution in [2.75, 3.05) is 0 Å². The monoisotopic (exact) mass is 210 g/mol. The molecule has 0 aromatic carbocycles. The van der Waals surface area contributed by atoms with Gasteiger partial charge in [0.2, 0.25) is 0 Å². The molecule has 0 radical (unpaired) electrons. The van der Waals surface area contributed by atoms with E-state index in [-0.39, 0.29) is 0 Å². The Kier molecular flexibility index (Phi) is 2.55. The molecule has 0 fully saturated rings. The van der Waals surface area contributed by atoms with E-state index < -0.39 is 6.10 Å². The van der Waals surface area contributed by atoms with E-state index in [1.165, 1.54) is 11.5 Å². The lowest BCUT2D eigenvalue weighted by Gasteiger charge is -2.08. The minimum Gasteiger partial charge on any atom is -0.386 e. The average Bonchev–Trinajstić information content (AvgIpc) is 2.75. The highest BCUT2D eigenvalue weighted by atomic mass is 32.1. The zero-order chi connectivity index (χ0) is 9.97.